The Morgan fingerprint density at radius 1 is 0.771 bits per heavy atom. The van der Waals surface area contributed by atoms with Gasteiger partial charge >= 0.3 is 0 Å². The first kappa shape index (κ1) is 23.4. The molecule has 5 rings (SSSR count). The van der Waals surface area contributed by atoms with Crippen LogP contribution in [-0.4, -0.2) is 16.2 Å². The molecule has 0 aliphatic heterocycles. The first-order chi connectivity index (χ1) is 17.1. The molecule has 1 heterocycles. The van der Waals surface area contributed by atoms with Crippen LogP contribution in [-0.2, 0) is 6.54 Å². The molecule has 0 unspecified atom stereocenters. The summed E-state index contributed by atoms with van der Waals surface area (Å²) in [6.45, 7) is 1.13. The first-order valence-electron chi connectivity index (χ1n) is 11.7. The minimum Gasteiger partial charge on any atom is -0.491 e. The minimum atomic E-state index is -0.0284. The average molecular weight is 503 g/mol. The average Bonchev–Trinajstić information content (AvgIpc) is 2.88. The number of aromatic nitrogens is 2. The number of para-hydroxylation sites is 1. The molecule has 5 aromatic rings. The fraction of sp³-hybridized carbons (Fsp3) is 0.172. The predicted octanol–water partition coefficient (Wildman–Crippen LogP) is 7.77. The number of halogens is 2. The van der Waals surface area contributed by atoms with Crippen molar-refractivity contribution < 1.29 is 4.74 Å². The molecule has 0 amide bonds. The zero-order chi connectivity index (χ0) is 24.2. The van der Waals surface area contributed by atoms with E-state index in [1.54, 1.807) is 4.57 Å². The molecule has 4 aromatic carbocycles. The van der Waals surface area contributed by atoms with Crippen molar-refractivity contribution in [3.63, 3.8) is 0 Å². The summed E-state index contributed by atoms with van der Waals surface area (Å²) in [5.41, 5.74) is 1.53. The van der Waals surface area contributed by atoms with Crippen molar-refractivity contribution >= 4 is 44.9 Å². The lowest BCUT2D eigenvalue weighted by atomic mass is 10.1. The number of fused-ring (bicyclic) bond motifs is 2. The lowest BCUT2D eigenvalue weighted by Crippen LogP contribution is -2.23. The highest BCUT2D eigenvalue weighted by Gasteiger charge is 2.13. The molecule has 0 saturated carbocycles. The van der Waals surface area contributed by atoms with E-state index in [9.17, 15) is 4.79 Å². The second-order valence-electron chi connectivity index (χ2n) is 8.42. The first-order valence-corrected chi connectivity index (χ1v) is 12.4. The van der Waals surface area contributed by atoms with Crippen LogP contribution in [0, 0.1) is 0 Å². The zero-order valence-corrected chi connectivity index (χ0v) is 20.6. The Hall–Kier alpha value is -3.34. The van der Waals surface area contributed by atoms with Gasteiger partial charge in [-0.05, 0) is 67.1 Å². The van der Waals surface area contributed by atoms with Crippen LogP contribution in [0.25, 0.3) is 33.1 Å². The Morgan fingerprint density at radius 3 is 2.34 bits per heavy atom. The summed E-state index contributed by atoms with van der Waals surface area (Å²) in [7, 11) is 0. The molecular formula is C29H24Cl2N2O2. The van der Waals surface area contributed by atoms with Crippen LogP contribution in [0.15, 0.2) is 89.7 Å². The minimum absolute atomic E-state index is 0.0284. The summed E-state index contributed by atoms with van der Waals surface area (Å²) in [4.78, 5) is 18.1. The third-order valence-electron chi connectivity index (χ3n) is 6.07. The summed E-state index contributed by atoms with van der Waals surface area (Å²) in [5.74, 6) is 1.38. The highest BCUT2D eigenvalue weighted by atomic mass is 35.5. The second-order valence-corrected chi connectivity index (χ2v) is 9.27. The van der Waals surface area contributed by atoms with E-state index in [-0.39, 0.29) is 5.56 Å². The Kier molecular flexibility index (Phi) is 7.03. The van der Waals surface area contributed by atoms with Gasteiger partial charge in [0, 0.05) is 22.5 Å². The van der Waals surface area contributed by atoms with Crippen molar-refractivity contribution in [3.05, 3.63) is 105 Å². The second kappa shape index (κ2) is 10.5. The van der Waals surface area contributed by atoms with Crippen molar-refractivity contribution in [2.45, 2.75) is 25.8 Å². The summed E-state index contributed by atoms with van der Waals surface area (Å²) in [5, 5.41) is 4.00. The topological polar surface area (TPSA) is 44.1 Å². The van der Waals surface area contributed by atoms with Gasteiger partial charge in [-0.25, -0.2) is 4.98 Å². The molecule has 0 aliphatic rings. The Balaban J connectivity index is 1.29. The maximum absolute atomic E-state index is 13.3. The van der Waals surface area contributed by atoms with Gasteiger partial charge in [0.05, 0.1) is 22.5 Å². The van der Waals surface area contributed by atoms with Crippen LogP contribution >= 0.6 is 23.2 Å². The van der Waals surface area contributed by atoms with E-state index < -0.39 is 0 Å². The highest BCUT2D eigenvalue weighted by Crippen LogP contribution is 2.33. The maximum Gasteiger partial charge on any atom is 0.261 e. The van der Waals surface area contributed by atoms with Crippen LogP contribution in [0.2, 0.25) is 10.0 Å². The van der Waals surface area contributed by atoms with Gasteiger partial charge in [-0.1, -0.05) is 65.7 Å². The Labute approximate surface area is 213 Å². The molecule has 0 radical (unpaired) electrons. The molecule has 0 fully saturated rings. The molecule has 0 atom stereocenters. The van der Waals surface area contributed by atoms with E-state index >= 15 is 0 Å². The predicted molar refractivity (Wildman–Crippen MR) is 145 cm³/mol. The Bertz CT molecular complexity index is 1550. The molecule has 176 valence electrons. The van der Waals surface area contributed by atoms with Gasteiger partial charge in [0.2, 0.25) is 0 Å². The van der Waals surface area contributed by atoms with Gasteiger partial charge in [-0.15, -0.1) is 0 Å². The summed E-state index contributed by atoms with van der Waals surface area (Å²) in [6, 6.07) is 26.8. The zero-order valence-electron chi connectivity index (χ0n) is 19.1. The van der Waals surface area contributed by atoms with E-state index in [1.807, 2.05) is 84.9 Å². The standard InChI is InChI=1S/C29H24Cl2N2O2/c30-22-15-12-21(13-16-22)28-32-26-11-5-4-10-24(26)29(34)33(28)18-6-1-7-19-35-27-23-9-3-2-8-20(23)14-17-25(27)31/h2-5,8-17H,1,6-7,18-19H2. The number of unbranched alkanes of at least 4 members (excludes halogenated alkanes) is 2. The largest absolute Gasteiger partial charge is 0.491 e. The molecule has 0 bridgehead atoms. The summed E-state index contributed by atoms with van der Waals surface area (Å²) < 4.78 is 7.83. The van der Waals surface area contributed by atoms with E-state index in [4.69, 9.17) is 32.9 Å². The van der Waals surface area contributed by atoms with E-state index in [2.05, 4.69) is 0 Å². The van der Waals surface area contributed by atoms with Crippen LogP contribution in [0.3, 0.4) is 0 Å². The molecular weight excluding hydrogens is 479 g/mol. The van der Waals surface area contributed by atoms with Crippen molar-refractivity contribution in [1.82, 2.24) is 9.55 Å². The van der Waals surface area contributed by atoms with Crippen molar-refractivity contribution in [3.8, 4) is 17.1 Å². The smallest absolute Gasteiger partial charge is 0.261 e. The Morgan fingerprint density at radius 2 is 1.51 bits per heavy atom. The molecule has 1 aromatic heterocycles. The van der Waals surface area contributed by atoms with Gasteiger partial charge < -0.3 is 4.74 Å². The van der Waals surface area contributed by atoms with Gasteiger partial charge in [-0.2, -0.15) is 0 Å². The fourth-order valence-electron chi connectivity index (χ4n) is 4.28. The van der Waals surface area contributed by atoms with Gasteiger partial charge in [0.15, 0.2) is 0 Å². The molecule has 0 saturated heterocycles. The number of benzene rings is 4. The maximum atomic E-state index is 13.3. The van der Waals surface area contributed by atoms with Gasteiger partial charge in [0.25, 0.3) is 5.56 Å². The van der Waals surface area contributed by atoms with E-state index in [1.165, 1.54) is 0 Å². The SMILES string of the molecule is O=c1c2ccccc2nc(-c2ccc(Cl)cc2)n1CCCCCOc1c(Cl)ccc2ccccc12. The third-order valence-corrected chi connectivity index (χ3v) is 6.62. The number of rotatable bonds is 8. The number of nitrogens with zero attached hydrogens (tertiary/aromatic N) is 2. The van der Waals surface area contributed by atoms with Crippen molar-refractivity contribution in [2.24, 2.45) is 0 Å². The highest BCUT2D eigenvalue weighted by molar-refractivity contribution is 6.33. The van der Waals surface area contributed by atoms with Gasteiger partial charge in [-0.3, -0.25) is 9.36 Å². The number of ether oxygens (including phenoxy) is 1. The molecule has 35 heavy (non-hydrogen) atoms. The summed E-state index contributed by atoms with van der Waals surface area (Å²) >= 11 is 12.5. The van der Waals surface area contributed by atoms with Crippen LogP contribution < -0.4 is 10.3 Å². The van der Waals surface area contributed by atoms with Crippen LogP contribution in [0.4, 0.5) is 0 Å². The van der Waals surface area contributed by atoms with Crippen molar-refractivity contribution in [1.29, 1.82) is 0 Å². The fourth-order valence-corrected chi connectivity index (χ4v) is 4.63. The van der Waals surface area contributed by atoms with Crippen LogP contribution in [0.1, 0.15) is 19.3 Å². The molecule has 0 spiro atoms. The van der Waals surface area contributed by atoms with Crippen LogP contribution in [0.5, 0.6) is 5.75 Å². The molecule has 0 aliphatic carbocycles. The summed E-state index contributed by atoms with van der Waals surface area (Å²) in [6.07, 6.45) is 2.58. The number of hydrogen-bond acceptors (Lipinski definition) is 3. The normalized spacial score (nSPS) is 11.3. The van der Waals surface area contributed by atoms with Crippen molar-refractivity contribution in [2.75, 3.05) is 6.61 Å². The van der Waals surface area contributed by atoms with E-state index in [0.29, 0.717) is 39.9 Å². The monoisotopic (exact) mass is 502 g/mol. The molecule has 4 nitrogen and oxygen atoms in total. The quantitative estimate of drug-likeness (QED) is 0.203. The molecule has 6 heteroatoms. The molecule has 0 N–H and O–H groups in total. The van der Waals surface area contributed by atoms with Gasteiger partial charge in [0.1, 0.15) is 11.6 Å². The lowest BCUT2D eigenvalue weighted by Gasteiger charge is -2.14. The lowest BCUT2D eigenvalue weighted by molar-refractivity contribution is 0.307. The third kappa shape index (κ3) is 5.04. The van der Waals surface area contributed by atoms with E-state index in [0.717, 1.165) is 41.3 Å². The number of hydrogen-bond donors (Lipinski definition) is 0.